The molecule has 0 unspecified atom stereocenters. The van der Waals surface area contributed by atoms with Gasteiger partial charge in [0.1, 0.15) is 0 Å². The van der Waals surface area contributed by atoms with E-state index in [2.05, 4.69) is 33.2 Å². The second-order valence-electron chi connectivity index (χ2n) is 2.32. The van der Waals surface area contributed by atoms with Crippen molar-refractivity contribution in [2.24, 2.45) is 0 Å². The van der Waals surface area contributed by atoms with Gasteiger partial charge in [0.05, 0.1) is 17.2 Å². The van der Waals surface area contributed by atoms with Crippen LogP contribution in [0, 0.1) is 0 Å². The minimum Gasteiger partial charge on any atom is -0.254 e. The predicted molar refractivity (Wildman–Crippen MR) is 48.7 cm³/mol. The summed E-state index contributed by atoms with van der Waals surface area (Å²) in [5.74, 6) is 0. The van der Waals surface area contributed by atoms with Crippen LogP contribution in [0.4, 0.5) is 0 Å². The van der Waals surface area contributed by atoms with Gasteiger partial charge >= 0.3 is 0 Å². The van der Waals surface area contributed by atoms with Crippen molar-refractivity contribution >= 4 is 26.8 Å². The Hall–Kier alpha value is -0.830. The van der Waals surface area contributed by atoms with Gasteiger partial charge in [-0.05, 0) is 6.07 Å². The zero-order valence-electron chi connectivity index (χ0n) is 5.87. The first kappa shape index (κ1) is 6.85. The smallest absolute Gasteiger partial charge is 0.0966 e. The van der Waals surface area contributed by atoms with E-state index in [1.54, 1.807) is 0 Å². The summed E-state index contributed by atoms with van der Waals surface area (Å²) in [5, 5.41) is 5.37. The molecule has 11 heavy (non-hydrogen) atoms. The third-order valence-corrected chi connectivity index (χ3v) is 2.14. The minimum absolute atomic E-state index is 0.751. The summed E-state index contributed by atoms with van der Waals surface area (Å²) in [7, 11) is 0. The molecule has 0 fully saturated rings. The molecule has 2 rings (SSSR count). The topological polar surface area (TPSA) is 17.8 Å². The number of para-hydroxylation sites is 1. The molecule has 1 aromatic carbocycles. The maximum atomic E-state index is 4.18. The van der Waals surface area contributed by atoms with Crippen molar-refractivity contribution in [3.8, 4) is 0 Å². The summed E-state index contributed by atoms with van der Waals surface area (Å²) in [4.78, 5) is 0. The lowest BCUT2D eigenvalue weighted by Gasteiger charge is -1.94. The van der Waals surface area contributed by atoms with Crippen LogP contribution in [0.15, 0.2) is 30.5 Å². The Balaban J connectivity index is 2.76. The molecule has 0 aliphatic rings. The van der Waals surface area contributed by atoms with Gasteiger partial charge in [0, 0.05) is 5.39 Å². The van der Waals surface area contributed by atoms with Crippen LogP contribution in [0.25, 0.3) is 10.9 Å². The average Bonchev–Trinajstić information content (AvgIpc) is 2.47. The molecule has 0 saturated heterocycles. The zero-order chi connectivity index (χ0) is 7.68. The molecular formula is C8H7BrN2. The number of hydrogen-bond acceptors (Lipinski definition) is 1. The van der Waals surface area contributed by atoms with Crippen molar-refractivity contribution < 1.29 is 0 Å². The van der Waals surface area contributed by atoms with Gasteiger partial charge in [0.2, 0.25) is 0 Å². The van der Waals surface area contributed by atoms with Crippen LogP contribution in [-0.4, -0.2) is 9.78 Å². The van der Waals surface area contributed by atoms with Gasteiger partial charge in [-0.2, -0.15) is 5.10 Å². The summed E-state index contributed by atoms with van der Waals surface area (Å²) in [5.41, 5.74) is 1.92. The number of alkyl halides is 1. The molecular weight excluding hydrogens is 204 g/mol. The Kier molecular flexibility index (Phi) is 1.66. The average molecular weight is 211 g/mol. The Bertz CT molecular complexity index is 367. The van der Waals surface area contributed by atoms with Crippen molar-refractivity contribution in [3.63, 3.8) is 0 Å². The Labute approximate surface area is 73.0 Å². The van der Waals surface area contributed by atoms with E-state index in [0.29, 0.717) is 0 Å². The quantitative estimate of drug-likeness (QED) is 0.662. The molecule has 1 heterocycles. The molecule has 0 bridgehead atoms. The standard InChI is InChI=1S/C8H7BrN2/c9-6-11-8-4-2-1-3-7(8)5-10-11/h1-5H,6H2. The molecule has 0 radical (unpaired) electrons. The maximum absolute atomic E-state index is 4.18. The minimum atomic E-state index is 0.751. The predicted octanol–water partition coefficient (Wildman–Crippen LogP) is 2.39. The SMILES string of the molecule is BrCn1ncc2ccccc21. The van der Waals surface area contributed by atoms with Gasteiger partial charge in [-0.15, -0.1) is 0 Å². The van der Waals surface area contributed by atoms with E-state index in [1.165, 1.54) is 10.9 Å². The van der Waals surface area contributed by atoms with Crippen LogP contribution in [0.3, 0.4) is 0 Å². The second-order valence-corrected chi connectivity index (χ2v) is 2.82. The first-order valence-corrected chi connectivity index (χ1v) is 4.50. The fourth-order valence-electron chi connectivity index (χ4n) is 1.12. The van der Waals surface area contributed by atoms with E-state index >= 15 is 0 Å². The summed E-state index contributed by atoms with van der Waals surface area (Å²) < 4.78 is 1.91. The highest BCUT2D eigenvalue weighted by Gasteiger charge is 1.97. The van der Waals surface area contributed by atoms with E-state index in [0.717, 1.165) is 5.45 Å². The van der Waals surface area contributed by atoms with Gasteiger partial charge in [-0.25, -0.2) is 0 Å². The third kappa shape index (κ3) is 1.05. The van der Waals surface area contributed by atoms with Gasteiger partial charge < -0.3 is 0 Å². The number of halogens is 1. The molecule has 3 heteroatoms. The third-order valence-electron chi connectivity index (χ3n) is 1.66. The largest absolute Gasteiger partial charge is 0.254 e. The van der Waals surface area contributed by atoms with Gasteiger partial charge in [-0.1, -0.05) is 34.1 Å². The van der Waals surface area contributed by atoms with Gasteiger partial charge in [0.25, 0.3) is 0 Å². The van der Waals surface area contributed by atoms with E-state index in [-0.39, 0.29) is 0 Å². The van der Waals surface area contributed by atoms with Crippen molar-refractivity contribution in [2.75, 3.05) is 0 Å². The molecule has 0 N–H and O–H groups in total. The Morgan fingerprint density at radius 1 is 1.36 bits per heavy atom. The highest BCUT2D eigenvalue weighted by molar-refractivity contribution is 9.08. The van der Waals surface area contributed by atoms with Crippen molar-refractivity contribution in [1.82, 2.24) is 9.78 Å². The van der Waals surface area contributed by atoms with Crippen LogP contribution in [-0.2, 0) is 5.45 Å². The lowest BCUT2D eigenvalue weighted by Crippen LogP contribution is -1.91. The Morgan fingerprint density at radius 3 is 3.00 bits per heavy atom. The lowest BCUT2D eigenvalue weighted by atomic mass is 10.3. The molecule has 0 aliphatic carbocycles. The van der Waals surface area contributed by atoms with Crippen LogP contribution in [0.5, 0.6) is 0 Å². The van der Waals surface area contributed by atoms with Gasteiger partial charge in [0.15, 0.2) is 0 Å². The molecule has 0 atom stereocenters. The van der Waals surface area contributed by atoms with Crippen LogP contribution in [0.1, 0.15) is 0 Å². The first-order valence-electron chi connectivity index (χ1n) is 3.38. The molecule has 2 nitrogen and oxygen atoms in total. The molecule has 56 valence electrons. The normalized spacial score (nSPS) is 10.6. The molecule has 2 aromatic rings. The van der Waals surface area contributed by atoms with Crippen molar-refractivity contribution in [2.45, 2.75) is 5.45 Å². The molecule has 0 amide bonds. The Morgan fingerprint density at radius 2 is 2.18 bits per heavy atom. The van der Waals surface area contributed by atoms with E-state index in [1.807, 2.05) is 23.0 Å². The van der Waals surface area contributed by atoms with E-state index in [4.69, 9.17) is 0 Å². The second kappa shape index (κ2) is 2.66. The number of nitrogens with zero attached hydrogens (tertiary/aromatic N) is 2. The van der Waals surface area contributed by atoms with E-state index < -0.39 is 0 Å². The molecule has 0 spiro atoms. The van der Waals surface area contributed by atoms with E-state index in [9.17, 15) is 0 Å². The number of hydrogen-bond donors (Lipinski definition) is 0. The molecule has 1 aromatic heterocycles. The van der Waals surface area contributed by atoms with Crippen LogP contribution < -0.4 is 0 Å². The summed E-state index contributed by atoms with van der Waals surface area (Å²) >= 11 is 3.36. The van der Waals surface area contributed by atoms with Crippen LogP contribution >= 0.6 is 15.9 Å². The maximum Gasteiger partial charge on any atom is 0.0966 e. The van der Waals surface area contributed by atoms with Crippen molar-refractivity contribution in [3.05, 3.63) is 30.5 Å². The first-order chi connectivity index (χ1) is 5.42. The monoisotopic (exact) mass is 210 g/mol. The van der Waals surface area contributed by atoms with Gasteiger partial charge in [-0.3, -0.25) is 4.68 Å². The fraction of sp³-hybridized carbons (Fsp3) is 0.125. The van der Waals surface area contributed by atoms with Crippen molar-refractivity contribution in [1.29, 1.82) is 0 Å². The number of benzene rings is 1. The number of fused-ring (bicyclic) bond motifs is 1. The molecule has 0 saturated carbocycles. The highest BCUT2D eigenvalue weighted by Crippen LogP contribution is 2.12. The van der Waals surface area contributed by atoms with Crippen LogP contribution in [0.2, 0.25) is 0 Å². The summed E-state index contributed by atoms with van der Waals surface area (Å²) in [6, 6.07) is 8.15. The summed E-state index contributed by atoms with van der Waals surface area (Å²) in [6.45, 7) is 0. The number of rotatable bonds is 1. The number of aromatic nitrogens is 2. The highest BCUT2D eigenvalue weighted by atomic mass is 79.9. The zero-order valence-corrected chi connectivity index (χ0v) is 7.45. The molecule has 0 aliphatic heterocycles. The fourth-order valence-corrected chi connectivity index (χ4v) is 1.52. The lowest BCUT2D eigenvalue weighted by molar-refractivity contribution is 0.788. The summed E-state index contributed by atoms with van der Waals surface area (Å²) in [6.07, 6.45) is 1.87.